The Morgan fingerprint density at radius 3 is 2.60 bits per heavy atom. The number of aliphatic carboxylic acids is 1. The molecule has 4 heteroatoms. The van der Waals surface area contributed by atoms with Crippen LogP contribution in [0.3, 0.4) is 0 Å². The Hall–Kier alpha value is -1.42. The predicted octanol–water partition coefficient (Wildman–Crippen LogP) is 2.12. The van der Waals surface area contributed by atoms with E-state index in [2.05, 4.69) is 0 Å². The highest BCUT2D eigenvalue weighted by molar-refractivity contribution is 8.04. The van der Waals surface area contributed by atoms with Gasteiger partial charge in [0.05, 0.1) is 0 Å². The molecule has 0 aromatic heterocycles. The zero-order chi connectivity index (χ0) is 10.8. The third-order valence-electron chi connectivity index (χ3n) is 2.32. The summed E-state index contributed by atoms with van der Waals surface area (Å²) in [6.45, 7) is 0. The summed E-state index contributed by atoms with van der Waals surface area (Å²) in [4.78, 5) is 11.1. The quantitative estimate of drug-likeness (QED) is 0.803. The number of hydrogen-bond donors (Lipinski definition) is 2. The molecule has 0 saturated heterocycles. The highest BCUT2D eigenvalue weighted by Gasteiger charge is 2.28. The third kappa shape index (κ3) is 1.99. The Labute approximate surface area is 92.0 Å². The molecule has 0 aliphatic carbocycles. The molecule has 1 aromatic carbocycles. The van der Waals surface area contributed by atoms with Crippen LogP contribution in [0.2, 0.25) is 0 Å². The first-order chi connectivity index (χ1) is 7.18. The molecule has 1 aliphatic heterocycles. The largest absolute Gasteiger partial charge is 0.477 e. The van der Waals surface area contributed by atoms with E-state index in [0.29, 0.717) is 17.0 Å². The van der Waals surface area contributed by atoms with Gasteiger partial charge in [-0.2, -0.15) is 0 Å². The molecule has 1 heterocycles. The van der Waals surface area contributed by atoms with E-state index in [4.69, 9.17) is 10.8 Å². The fraction of sp³-hybridized carbons (Fsp3) is 0.182. The molecule has 1 aliphatic rings. The molecule has 0 spiro atoms. The maximum absolute atomic E-state index is 10.8. The lowest BCUT2D eigenvalue weighted by Crippen LogP contribution is -2.03. The minimum absolute atomic E-state index is 0.150. The summed E-state index contributed by atoms with van der Waals surface area (Å²) in [5, 5.41) is 9.04. The lowest BCUT2D eigenvalue weighted by atomic mass is 10.1. The average Bonchev–Trinajstić information content (AvgIpc) is 2.62. The lowest BCUT2D eigenvalue weighted by Gasteiger charge is -2.08. The van der Waals surface area contributed by atoms with E-state index in [1.165, 1.54) is 11.8 Å². The molecule has 0 saturated carbocycles. The van der Waals surface area contributed by atoms with Gasteiger partial charge in [-0.05, 0) is 5.56 Å². The van der Waals surface area contributed by atoms with Crippen LogP contribution in [-0.2, 0) is 4.79 Å². The summed E-state index contributed by atoms with van der Waals surface area (Å²) in [5.41, 5.74) is 7.30. The molecular formula is C11H11NO2S. The molecule has 1 unspecified atom stereocenters. The van der Waals surface area contributed by atoms with E-state index in [-0.39, 0.29) is 5.25 Å². The Bertz CT molecular complexity index is 414. The summed E-state index contributed by atoms with van der Waals surface area (Å²) in [6.07, 6.45) is 0.621. The van der Waals surface area contributed by atoms with E-state index in [1.807, 2.05) is 30.3 Å². The van der Waals surface area contributed by atoms with Crippen LogP contribution in [0.1, 0.15) is 17.2 Å². The van der Waals surface area contributed by atoms with Crippen molar-refractivity contribution >= 4 is 17.7 Å². The van der Waals surface area contributed by atoms with Crippen molar-refractivity contribution in [3.8, 4) is 0 Å². The van der Waals surface area contributed by atoms with Crippen LogP contribution in [0.15, 0.2) is 40.9 Å². The number of carboxylic acids is 1. The molecule has 0 radical (unpaired) electrons. The number of carbonyl (C=O) groups is 1. The van der Waals surface area contributed by atoms with Crippen LogP contribution >= 0.6 is 11.8 Å². The first-order valence-corrected chi connectivity index (χ1v) is 5.50. The number of benzene rings is 1. The number of allylic oxidation sites excluding steroid dienone is 1. The Morgan fingerprint density at radius 2 is 2.07 bits per heavy atom. The normalized spacial score (nSPS) is 20.7. The summed E-state index contributed by atoms with van der Waals surface area (Å²) in [7, 11) is 0. The van der Waals surface area contributed by atoms with Crippen LogP contribution in [0.25, 0.3) is 0 Å². The van der Waals surface area contributed by atoms with E-state index in [9.17, 15) is 4.79 Å². The van der Waals surface area contributed by atoms with Crippen molar-refractivity contribution in [2.24, 2.45) is 5.73 Å². The van der Waals surface area contributed by atoms with Crippen molar-refractivity contribution in [3.05, 3.63) is 46.5 Å². The maximum atomic E-state index is 10.8. The number of carboxylic acid groups (broad SMARTS) is 1. The Morgan fingerprint density at radius 1 is 1.40 bits per heavy atom. The fourth-order valence-electron chi connectivity index (χ4n) is 1.59. The van der Waals surface area contributed by atoms with Gasteiger partial charge in [-0.1, -0.05) is 30.3 Å². The monoisotopic (exact) mass is 221 g/mol. The van der Waals surface area contributed by atoms with Crippen LogP contribution in [0.5, 0.6) is 0 Å². The van der Waals surface area contributed by atoms with Gasteiger partial charge in [-0.25, -0.2) is 4.79 Å². The lowest BCUT2D eigenvalue weighted by molar-refractivity contribution is -0.131. The van der Waals surface area contributed by atoms with Gasteiger partial charge in [0.15, 0.2) is 0 Å². The molecule has 3 N–H and O–H groups in total. The minimum Gasteiger partial charge on any atom is -0.477 e. The van der Waals surface area contributed by atoms with Crippen molar-refractivity contribution in [2.45, 2.75) is 11.7 Å². The van der Waals surface area contributed by atoms with Crippen molar-refractivity contribution in [2.75, 3.05) is 0 Å². The topological polar surface area (TPSA) is 63.3 Å². The number of hydrogen-bond acceptors (Lipinski definition) is 3. The fourth-order valence-corrected chi connectivity index (χ4v) is 2.77. The standard InChI is InChI=1S/C11H11NO2S/c12-8-6-9(15-10(8)11(13)14)7-4-2-1-3-5-7/h1-5,9H,6,12H2,(H,13,14). The van der Waals surface area contributed by atoms with Gasteiger partial charge >= 0.3 is 5.97 Å². The average molecular weight is 221 g/mol. The molecule has 3 nitrogen and oxygen atoms in total. The third-order valence-corrected chi connectivity index (χ3v) is 3.72. The first-order valence-electron chi connectivity index (χ1n) is 4.62. The minimum atomic E-state index is -0.920. The summed E-state index contributed by atoms with van der Waals surface area (Å²) in [5.74, 6) is -0.920. The SMILES string of the molecule is NC1=C(C(=O)O)SC(c2ccccc2)C1. The van der Waals surface area contributed by atoms with Crippen molar-refractivity contribution in [1.29, 1.82) is 0 Å². The summed E-state index contributed by atoms with van der Waals surface area (Å²) >= 11 is 1.34. The smallest absolute Gasteiger partial charge is 0.343 e. The van der Waals surface area contributed by atoms with E-state index < -0.39 is 5.97 Å². The van der Waals surface area contributed by atoms with E-state index in [0.717, 1.165) is 5.56 Å². The molecular weight excluding hydrogens is 210 g/mol. The zero-order valence-electron chi connectivity index (χ0n) is 8.01. The summed E-state index contributed by atoms with van der Waals surface area (Å²) in [6, 6.07) is 9.83. The van der Waals surface area contributed by atoms with Gasteiger partial charge in [0.2, 0.25) is 0 Å². The molecule has 15 heavy (non-hydrogen) atoms. The van der Waals surface area contributed by atoms with Crippen LogP contribution < -0.4 is 5.73 Å². The molecule has 1 aromatic rings. The second-order valence-corrected chi connectivity index (χ2v) is 4.59. The van der Waals surface area contributed by atoms with Crippen LogP contribution in [0, 0.1) is 0 Å². The van der Waals surface area contributed by atoms with Crippen molar-refractivity contribution in [3.63, 3.8) is 0 Å². The second kappa shape index (κ2) is 3.98. The number of rotatable bonds is 2. The highest BCUT2D eigenvalue weighted by atomic mass is 32.2. The van der Waals surface area contributed by atoms with Gasteiger partial charge in [-0.3, -0.25) is 0 Å². The van der Waals surface area contributed by atoms with Gasteiger partial charge in [0.1, 0.15) is 4.91 Å². The molecule has 2 rings (SSSR count). The number of nitrogens with two attached hydrogens (primary N) is 1. The van der Waals surface area contributed by atoms with Crippen LogP contribution in [-0.4, -0.2) is 11.1 Å². The Balaban J connectivity index is 2.17. The molecule has 0 fully saturated rings. The second-order valence-electron chi connectivity index (χ2n) is 3.38. The predicted molar refractivity (Wildman–Crippen MR) is 60.2 cm³/mol. The van der Waals surface area contributed by atoms with E-state index in [1.54, 1.807) is 0 Å². The molecule has 1 atom stereocenters. The van der Waals surface area contributed by atoms with Crippen molar-refractivity contribution < 1.29 is 9.90 Å². The number of thioether (sulfide) groups is 1. The van der Waals surface area contributed by atoms with Gasteiger partial charge in [-0.15, -0.1) is 11.8 Å². The van der Waals surface area contributed by atoms with E-state index >= 15 is 0 Å². The Kier molecular flexibility index (Phi) is 2.68. The highest BCUT2D eigenvalue weighted by Crippen LogP contribution is 2.45. The maximum Gasteiger partial charge on any atom is 0.343 e. The van der Waals surface area contributed by atoms with Gasteiger partial charge < -0.3 is 10.8 Å². The first kappa shape index (κ1) is 10.1. The van der Waals surface area contributed by atoms with Gasteiger partial charge in [0, 0.05) is 17.4 Å². The van der Waals surface area contributed by atoms with Gasteiger partial charge in [0.25, 0.3) is 0 Å². The molecule has 0 amide bonds. The van der Waals surface area contributed by atoms with Crippen LogP contribution in [0.4, 0.5) is 0 Å². The zero-order valence-corrected chi connectivity index (χ0v) is 8.83. The molecule has 78 valence electrons. The molecule has 0 bridgehead atoms. The summed E-state index contributed by atoms with van der Waals surface area (Å²) < 4.78 is 0. The van der Waals surface area contributed by atoms with Crippen molar-refractivity contribution in [1.82, 2.24) is 0 Å².